The lowest BCUT2D eigenvalue weighted by Crippen LogP contribution is -2.44. The van der Waals surface area contributed by atoms with Crippen LogP contribution in [-0.4, -0.2) is 33.8 Å². The summed E-state index contributed by atoms with van der Waals surface area (Å²) in [6.45, 7) is 6.38. The molecule has 0 saturated carbocycles. The van der Waals surface area contributed by atoms with Crippen LogP contribution in [0.3, 0.4) is 0 Å². The van der Waals surface area contributed by atoms with E-state index in [9.17, 15) is 29.4 Å². The van der Waals surface area contributed by atoms with Crippen molar-refractivity contribution in [3.63, 3.8) is 0 Å². The lowest BCUT2D eigenvalue weighted by Gasteiger charge is -2.18. The van der Waals surface area contributed by atoms with Gasteiger partial charge in [0.1, 0.15) is 11.5 Å². The minimum Gasteiger partial charge on any atom is -0.507 e. The summed E-state index contributed by atoms with van der Waals surface area (Å²) < 4.78 is 0. The van der Waals surface area contributed by atoms with Crippen molar-refractivity contribution in [2.75, 3.05) is 0 Å². The summed E-state index contributed by atoms with van der Waals surface area (Å²) in [5, 5.41) is 20.8. The van der Waals surface area contributed by atoms with Crippen molar-refractivity contribution in [1.29, 1.82) is 0 Å². The molecule has 0 aliphatic carbocycles. The van der Waals surface area contributed by atoms with E-state index in [1.165, 1.54) is 25.0 Å². The van der Waals surface area contributed by atoms with Gasteiger partial charge in [0.05, 0.1) is 11.1 Å². The van der Waals surface area contributed by atoms with Crippen molar-refractivity contribution < 1.29 is 29.4 Å². The number of nitrogens with one attached hydrogen (secondary N) is 4. The van der Waals surface area contributed by atoms with Gasteiger partial charge in [-0.2, -0.15) is 0 Å². The highest BCUT2D eigenvalue weighted by Gasteiger charge is 2.21. The number of hydrogen-bond donors (Lipinski definition) is 6. The van der Waals surface area contributed by atoms with Crippen LogP contribution < -0.4 is 21.7 Å². The monoisotopic (exact) mass is 694 g/mol. The Labute approximate surface area is 299 Å². The van der Waals surface area contributed by atoms with Crippen molar-refractivity contribution in [3.05, 3.63) is 58.7 Å². The van der Waals surface area contributed by atoms with Crippen LogP contribution in [0.5, 0.6) is 11.5 Å². The fraction of sp³-hybridized carbons (Fsp3) is 0.600. The van der Waals surface area contributed by atoms with E-state index in [-0.39, 0.29) is 46.8 Å². The quantitative estimate of drug-likeness (QED) is 0.0482. The van der Waals surface area contributed by atoms with Crippen LogP contribution in [0.2, 0.25) is 0 Å². The Kier molecular flexibility index (Phi) is 21.0. The molecule has 6 N–H and O–H groups in total. The Hall–Kier alpha value is -4.08. The summed E-state index contributed by atoms with van der Waals surface area (Å²) in [5.41, 5.74) is 11.9. The fourth-order valence-electron chi connectivity index (χ4n) is 6.20. The molecule has 0 radical (unpaired) electrons. The smallest absolute Gasteiger partial charge is 0.273 e. The van der Waals surface area contributed by atoms with Gasteiger partial charge in [-0.25, -0.2) is 0 Å². The molecule has 1 unspecified atom stereocenters. The first-order valence-electron chi connectivity index (χ1n) is 19.0. The molecule has 10 heteroatoms. The lowest BCUT2D eigenvalue weighted by atomic mass is 9.94. The normalized spacial score (nSPS) is 11.5. The van der Waals surface area contributed by atoms with Crippen LogP contribution in [0.1, 0.15) is 168 Å². The van der Waals surface area contributed by atoms with Gasteiger partial charge in [-0.05, 0) is 68.2 Å². The maximum absolute atomic E-state index is 13.1. The fourth-order valence-corrected chi connectivity index (χ4v) is 6.20. The topological polar surface area (TPSA) is 157 Å². The van der Waals surface area contributed by atoms with Gasteiger partial charge in [-0.3, -0.25) is 40.9 Å². The predicted molar refractivity (Wildman–Crippen MR) is 198 cm³/mol. The Balaban J connectivity index is 1.79. The summed E-state index contributed by atoms with van der Waals surface area (Å²) in [6, 6.07) is 10.1. The van der Waals surface area contributed by atoms with E-state index in [0.29, 0.717) is 38.5 Å². The first-order valence-corrected chi connectivity index (χ1v) is 19.0. The molecule has 0 aliphatic rings. The van der Waals surface area contributed by atoms with Crippen LogP contribution in [0.4, 0.5) is 0 Å². The molecule has 0 aromatic heterocycles. The number of hydrogen-bond acceptors (Lipinski definition) is 6. The van der Waals surface area contributed by atoms with Crippen LogP contribution >= 0.6 is 0 Å². The van der Waals surface area contributed by atoms with Crippen LogP contribution in [0.15, 0.2) is 36.4 Å². The van der Waals surface area contributed by atoms with Gasteiger partial charge in [0.25, 0.3) is 11.8 Å². The predicted octanol–water partition coefficient (Wildman–Crippen LogP) is 8.10. The van der Waals surface area contributed by atoms with Gasteiger partial charge >= 0.3 is 0 Å². The van der Waals surface area contributed by atoms with Crippen molar-refractivity contribution >= 4 is 23.6 Å². The third kappa shape index (κ3) is 15.6. The van der Waals surface area contributed by atoms with Crippen LogP contribution in [0, 0.1) is 5.92 Å². The number of carbonyl (C=O) groups excluding carboxylic acids is 4. The Morgan fingerprint density at radius 2 is 1.00 bits per heavy atom. The van der Waals surface area contributed by atoms with Gasteiger partial charge in [0.15, 0.2) is 0 Å². The summed E-state index contributed by atoms with van der Waals surface area (Å²) in [7, 11) is 0. The van der Waals surface area contributed by atoms with Crippen LogP contribution in [0.25, 0.3) is 0 Å². The third-order valence-electron chi connectivity index (χ3n) is 9.16. The Morgan fingerprint density at radius 3 is 1.52 bits per heavy atom. The highest BCUT2D eigenvalue weighted by Crippen LogP contribution is 2.25. The van der Waals surface area contributed by atoms with Gasteiger partial charge in [0, 0.05) is 12.3 Å². The Bertz CT molecular complexity index is 1330. The number of phenolic OH excluding ortho intramolecular Hbond substituents is 2. The first-order chi connectivity index (χ1) is 24.2. The molecule has 2 aromatic rings. The number of amides is 4. The van der Waals surface area contributed by atoms with Crippen molar-refractivity contribution in [2.45, 2.75) is 149 Å². The number of phenols is 2. The second-order valence-corrected chi connectivity index (χ2v) is 13.3. The maximum atomic E-state index is 13.1. The molecule has 50 heavy (non-hydrogen) atoms. The van der Waals surface area contributed by atoms with E-state index in [1.807, 2.05) is 12.1 Å². The van der Waals surface area contributed by atoms with E-state index in [2.05, 4.69) is 42.5 Å². The largest absolute Gasteiger partial charge is 0.507 e. The van der Waals surface area contributed by atoms with E-state index in [4.69, 9.17) is 0 Å². The SMILES string of the molecule is CCCCCCCc1cccc(O)c1C(=O)NNC(=O)CCCCCC(CCCC)C(=O)NNC(=O)c1c(O)cccc1CCCCCCC. The van der Waals surface area contributed by atoms with E-state index in [1.54, 1.807) is 12.1 Å². The zero-order valence-corrected chi connectivity index (χ0v) is 30.7. The van der Waals surface area contributed by atoms with E-state index < -0.39 is 11.8 Å². The molecule has 0 fully saturated rings. The number of aryl methyl sites for hydroxylation is 2. The molecule has 0 bridgehead atoms. The number of hydrazine groups is 2. The maximum Gasteiger partial charge on any atom is 0.273 e. The molecular formula is C40H62N4O6. The zero-order valence-electron chi connectivity index (χ0n) is 30.7. The molecule has 10 nitrogen and oxygen atoms in total. The summed E-state index contributed by atoms with van der Waals surface area (Å²) in [4.78, 5) is 51.5. The lowest BCUT2D eigenvalue weighted by molar-refractivity contribution is -0.126. The van der Waals surface area contributed by atoms with Gasteiger partial charge in [-0.1, -0.05) is 122 Å². The number of benzene rings is 2. The van der Waals surface area contributed by atoms with Crippen LogP contribution in [-0.2, 0) is 22.4 Å². The third-order valence-corrected chi connectivity index (χ3v) is 9.16. The van der Waals surface area contributed by atoms with Crippen molar-refractivity contribution in [1.82, 2.24) is 21.7 Å². The summed E-state index contributed by atoms with van der Waals surface area (Å²) in [6.07, 6.45) is 17.5. The van der Waals surface area contributed by atoms with Gasteiger partial charge in [-0.15, -0.1) is 0 Å². The Morgan fingerprint density at radius 1 is 0.540 bits per heavy atom. The highest BCUT2D eigenvalue weighted by atomic mass is 16.3. The number of aromatic hydroxyl groups is 2. The average Bonchev–Trinajstić information content (AvgIpc) is 3.10. The van der Waals surface area contributed by atoms with Crippen molar-refractivity contribution in [2.24, 2.45) is 5.92 Å². The number of rotatable bonds is 24. The molecular weight excluding hydrogens is 632 g/mol. The number of carbonyl (C=O) groups is 4. The molecule has 1 atom stereocenters. The minimum atomic E-state index is -0.544. The zero-order chi connectivity index (χ0) is 36.6. The number of unbranched alkanes of at least 4 members (excludes halogenated alkanes) is 11. The molecule has 0 aliphatic heterocycles. The molecule has 0 saturated heterocycles. The first kappa shape index (κ1) is 42.1. The van der Waals surface area contributed by atoms with E-state index >= 15 is 0 Å². The molecule has 278 valence electrons. The van der Waals surface area contributed by atoms with E-state index in [0.717, 1.165) is 81.8 Å². The second-order valence-electron chi connectivity index (χ2n) is 13.3. The minimum absolute atomic E-state index is 0.106. The van der Waals surface area contributed by atoms with Gasteiger partial charge in [0.2, 0.25) is 11.8 Å². The molecule has 2 rings (SSSR count). The standard InChI is InChI=1S/C40H62N4O6/c1-4-7-10-12-15-22-30-25-19-27-33(45)36(30)39(49)43-41-35(47)29-18-14-17-24-32(21-9-6-3)38(48)42-44-40(50)37-31(26-20-28-34(37)46)23-16-13-11-8-5-2/h19-20,25-28,32,45-46H,4-18,21-24,29H2,1-3H3,(H,41,47)(H,42,48)(H,43,49)(H,44,50). The molecule has 4 amide bonds. The highest BCUT2D eigenvalue weighted by molar-refractivity contribution is 6.00. The molecule has 0 spiro atoms. The molecule has 0 heterocycles. The molecule has 2 aromatic carbocycles. The summed E-state index contributed by atoms with van der Waals surface area (Å²) >= 11 is 0. The van der Waals surface area contributed by atoms with Gasteiger partial charge < -0.3 is 10.2 Å². The summed E-state index contributed by atoms with van der Waals surface area (Å²) in [5.74, 6) is -2.20. The van der Waals surface area contributed by atoms with Crippen molar-refractivity contribution in [3.8, 4) is 11.5 Å². The second kappa shape index (κ2) is 25.0. The average molecular weight is 695 g/mol.